The zero-order valence-electron chi connectivity index (χ0n) is 45.0. The molecular formula is C60H114LaO6. The molecule has 0 bridgehead atoms. The van der Waals surface area contributed by atoms with Crippen molar-refractivity contribution in [3.05, 3.63) is 36.5 Å². The van der Waals surface area contributed by atoms with Gasteiger partial charge < -0.3 is 15.3 Å². The van der Waals surface area contributed by atoms with E-state index in [0.717, 1.165) is 38.5 Å². The predicted octanol–water partition coefficient (Wildman–Crippen LogP) is 20.7. The van der Waals surface area contributed by atoms with Crippen molar-refractivity contribution in [1.29, 1.82) is 0 Å². The predicted molar refractivity (Wildman–Crippen MR) is 289 cm³/mol. The van der Waals surface area contributed by atoms with Gasteiger partial charge in [-0.3, -0.25) is 14.4 Å². The number of carboxylic acid groups (broad SMARTS) is 3. The number of allylic oxidation sites excluding steroid dienone is 6. The first-order valence-electron chi connectivity index (χ1n) is 28.9. The van der Waals surface area contributed by atoms with E-state index in [1.807, 2.05) is 0 Å². The Hall–Kier alpha value is -1.18. The van der Waals surface area contributed by atoms with E-state index < -0.39 is 17.9 Å². The minimum atomic E-state index is -0.663. The van der Waals surface area contributed by atoms with E-state index >= 15 is 0 Å². The maximum atomic E-state index is 10.4. The molecule has 0 aliphatic carbocycles. The largest absolute Gasteiger partial charge is 0.481 e. The van der Waals surface area contributed by atoms with Crippen LogP contribution in [-0.4, -0.2) is 33.2 Å². The number of carboxylic acids is 3. The summed E-state index contributed by atoms with van der Waals surface area (Å²) in [5, 5.41) is 25.6. The van der Waals surface area contributed by atoms with Crippen LogP contribution in [-0.2, 0) is 14.4 Å². The molecule has 1 radical (unpaired) electrons. The Morgan fingerprint density at radius 3 is 0.522 bits per heavy atom. The van der Waals surface area contributed by atoms with E-state index in [0.29, 0.717) is 19.3 Å². The average molecular weight is 1070 g/mol. The van der Waals surface area contributed by atoms with Crippen molar-refractivity contribution in [2.75, 3.05) is 0 Å². The normalized spacial score (nSPS) is 11.1. The molecule has 67 heavy (non-hydrogen) atoms. The molecule has 0 aliphatic rings. The van der Waals surface area contributed by atoms with Crippen molar-refractivity contribution in [3.63, 3.8) is 0 Å². The van der Waals surface area contributed by atoms with Gasteiger partial charge in [-0.2, -0.15) is 0 Å². The van der Waals surface area contributed by atoms with Gasteiger partial charge in [-0.25, -0.2) is 0 Å². The molecule has 0 aromatic carbocycles. The Morgan fingerprint density at radius 1 is 0.239 bits per heavy atom. The minimum absolute atomic E-state index is 0. The van der Waals surface area contributed by atoms with Gasteiger partial charge in [-0.05, 0) is 96.3 Å². The van der Waals surface area contributed by atoms with E-state index in [2.05, 4.69) is 57.2 Å². The summed E-state index contributed by atoms with van der Waals surface area (Å²) in [5.74, 6) is -1.99. The second kappa shape index (κ2) is 69.1. The van der Waals surface area contributed by atoms with Gasteiger partial charge >= 0.3 is 17.9 Å². The van der Waals surface area contributed by atoms with E-state index in [9.17, 15) is 14.4 Å². The molecule has 0 rings (SSSR count). The van der Waals surface area contributed by atoms with Gasteiger partial charge in [0.05, 0.1) is 0 Å². The third-order valence-electron chi connectivity index (χ3n) is 12.5. The number of rotatable bonds is 51. The van der Waals surface area contributed by atoms with Crippen LogP contribution in [0.5, 0.6) is 0 Å². The molecule has 6 nitrogen and oxygen atoms in total. The summed E-state index contributed by atoms with van der Waals surface area (Å²) in [6, 6.07) is 0. The summed E-state index contributed by atoms with van der Waals surface area (Å²) in [7, 11) is 0. The molecule has 0 unspecified atom stereocenters. The summed E-state index contributed by atoms with van der Waals surface area (Å²) in [5.41, 5.74) is 0. The monoisotopic (exact) mass is 1070 g/mol. The SMILES string of the molecule is CCCCCCCCCC/C=C\CCCCCCCC(=O)O.CCCCCCCCCC/C=C\CCCCCCCC(=O)O.CCCCCCCCCC/C=C\CCCCCCCC(=O)O.[La]. The Balaban J connectivity index is -0.000000441. The summed E-state index contributed by atoms with van der Waals surface area (Å²) in [6.07, 6.45) is 72.5. The van der Waals surface area contributed by atoms with Crippen LogP contribution in [0.4, 0.5) is 0 Å². The van der Waals surface area contributed by atoms with Crippen molar-refractivity contribution in [3.8, 4) is 0 Å². The Labute approximate surface area is 445 Å². The number of unbranched alkanes of at least 4 members (excludes halogenated alkanes) is 39. The molecule has 0 atom stereocenters. The third-order valence-corrected chi connectivity index (χ3v) is 12.5. The van der Waals surface area contributed by atoms with Crippen molar-refractivity contribution >= 4 is 17.9 Å². The zero-order valence-corrected chi connectivity index (χ0v) is 48.7. The van der Waals surface area contributed by atoms with Gasteiger partial charge in [-0.1, -0.05) is 250 Å². The van der Waals surface area contributed by atoms with Gasteiger partial charge in [0.25, 0.3) is 0 Å². The fraction of sp³-hybridized carbons (Fsp3) is 0.850. The van der Waals surface area contributed by atoms with E-state index in [-0.39, 0.29) is 35.6 Å². The molecule has 0 amide bonds. The maximum absolute atomic E-state index is 10.4. The first-order chi connectivity index (χ1) is 32.3. The van der Waals surface area contributed by atoms with Gasteiger partial charge in [0.1, 0.15) is 0 Å². The topological polar surface area (TPSA) is 112 Å². The fourth-order valence-corrected chi connectivity index (χ4v) is 8.10. The molecule has 0 aliphatic heterocycles. The first kappa shape index (κ1) is 72.4. The number of aliphatic carboxylic acids is 3. The van der Waals surface area contributed by atoms with Crippen LogP contribution in [0.1, 0.15) is 329 Å². The number of hydrogen-bond donors (Lipinski definition) is 3. The minimum Gasteiger partial charge on any atom is -0.481 e. The second-order valence-electron chi connectivity index (χ2n) is 19.3. The Morgan fingerprint density at radius 2 is 0.373 bits per heavy atom. The molecule has 0 saturated heterocycles. The molecule has 0 aromatic rings. The van der Waals surface area contributed by atoms with Crippen LogP contribution in [0.3, 0.4) is 0 Å². The average Bonchev–Trinajstić information content (AvgIpc) is 3.29. The van der Waals surface area contributed by atoms with E-state index in [1.54, 1.807) is 0 Å². The first-order valence-corrected chi connectivity index (χ1v) is 28.9. The smallest absolute Gasteiger partial charge is 0.303 e. The van der Waals surface area contributed by atoms with Crippen LogP contribution in [0.15, 0.2) is 36.5 Å². The molecule has 0 saturated carbocycles. The summed E-state index contributed by atoms with van der Waals surface area (Å²) in [4.78, 5) is 31.1. The van der Waals surface area contributed by atoms with Crippen molar-refractivity contribution in [2.45, 2.75) is 329 Å². The second-order valence-corrected chi connectivity index (χ2v) is 19.3. The summed E-state index contributed by atoms with van der Waals surface area (Å²) >= 11 is 0. The number of hydrogen-bond acceptors (Lipinski definition) is 3. The summed E-state index contributed by atoms with van der Waals surface area (Å²) < 4.78 is 0. The molecule has 393 valence electrons. The van der Waals surface area contributed by atoms with Crippen LogP contribution < -0.4 is 0 Å². The van der Waals surface area contributed by atoms with Crippen molar-refractivity contribution in [1.82, 2.24) is 0 Å². The third kappa shape index (κ3) is 82.1. The van der Waals surface area contributed by atoms with Gasteiger partial charge in [0, 0.05) is 54.9 Å². The standard InChI is InChI=1S/3C20H38O2.La/c3*1-2-3-4-5-6-7-8-9-10-11-12-13-14-15-16-17-18-19-20(21)22;/h3*11-12H,2-10,13-19H2,1H3,(H,21,22);/b3*12-11-;. The van der Waals surface area contributed by atoms with Crippen molar-refractivity contribution < 1.29 is 65.3 Å². The quantitative estimate of drug-likeness (QED) is 0.0413. The van der Waals surface area contributed by atoms with E-state index in [4.69, 9.17) is 15.3 Å². The van der Waals surface area contributed by atoms with E-state index in [1.165, 1.54) is 250 Å². The van der Waals surface area contributed by atoms with Gasteiger partial charge in [-0.15, -0.1) is 0 Å². The van der Waals surface area contributed by atoms with Crippen LogP contribution >= 0.6 is 0 Å². The maximum Gasteiger partial charge on any atom is 0.303 e. The zero-order chi connectivity index (χ0) is 48.9. The number of carbonyl (C=O) groups is 3. The van der Waals surface area contributed by atoms with Crippen LogP contribution in [0.2, 0.25) is 0 Å². The van der Waals surface area contributed by atoms with Crippen LogP contribution in [0.25, 0.3) is 0 Å². The molecule has 0 heterocycles. The van der Waals surface area contributed by atoms with Crippen molar-refractivity contribution in [2.24, 2.45) is 0 Å². The molecular weight excluding hydrogens is 956 g/mol. The summed E-state index contributed by atoms with van der Waals surface area (Å²) in [6.45, 7) is 6.81. The van der Waals surface area contributed by atoms with Gasteiger partial charge in [0.15, 0.2) is 0 Å². The van der Waals surface area contributed by atoms with Crippen LogP contribution in [0, 0.1) is 35.6 Å². The Kier molecular flexibility index (Phi) is 74.6. The Bertz CT molecular complexity index is 911. The molecule has 3 N–H and O–H groups in total. The molecule has 0 spiro atoms. The fourth-order valence-electron chi connectivity index (χ4n) is 8.10. The molecule has 0 aromatic heterocycles. The van der Waals surface area contributed by atoms with Gasteiger partial charge in [0.2, 0.25) is 0 Å². The molecule has 0 fully saturated rings. The molecule has 7 heteroatoms.